The van der Waals surface area contributed by atoms with Gasteiger partial charge in [0.15, 0.2) is 0 Å². The molecule has 16 heavy (non-hydrogen) atoms. The number of halogens is 1. The number of likely N-dealkylation sites (N-methyl/N-ethyl adjacent to an activating group) is 1. The van der Waals surface area contributed by atoms with Crippen molar-refractivity contribution >= 4 is 27.3 Å². The normalized spacial score (nSPS) is 21.6. The molecule has 1 fully saturated rings. The van der Waals surface area contributed by atoms with Crippen molar-refractivity contribution < 1.29 is 0 Å². The Morgan fingerprint density at radius 1 is 1.62 bits per heavy atom. The van der Waals surface area contributed by atoms with Gasteiger partial charge in [0.05, 0.1) is 0 Å². The molecular weight excluding hydrogens is 284 g/mol. The second-order valence-electron chi connectivity index (χ2n) is 4.29. The van der Waals surface area contributed by atoms with Crippen molar-refractivity contribution in [2.24, 2.45) is 0 Å². The lowest BCUT2D eigenvalue weighted by Crippen LogP contribution is -2.45. The molecule has 1 aromatic heterocycles. The number of piperidine rings is 1. The van der Waals surface area contributed by atoms with E-state index in [0.717, 1.165) is 25.7 Å². The first kappa shape index (κ1) is 12.6. The number of nitrogens with zero attached hydrogens (tertiary/aromatic N) is 1. The van der Waals surface area contributed by atoms with Crippen molar-refractivity contribution in [2.75, 3.05) is 19.6 Å². The lowest BCUT2D eigenvalue weighted by atomic mass is 10.1. The Bertz CT molecular complexity index is 321. The first-order valence-corrected chi connectivity index (χ1v) is 7.64. The second kappa shape index (κ2) is 6.15. The summed E-state index contributed by atoms with van der Waals surface area (Å²) in [5.74, 6) is 0. The average molecular weight is 303 g/mol. The molecule has 1 saturated heterocycles. The number of rotatable bonds is 4. The summed E-state index contributed by atoms with van der Waals surface area (Å²) in [6.07, 6.45) is 2.66. The maximum Gasteiger partial charge on any atom is 0.0331 e. The molecule has 2 heterocycles. The Labute approximate surface area is 110 Å². The van der Waals surface area contributed by atoms with E-state index >= 15 is 0 Å². The van der Waals surface area contributed by atoms with E-state index in [-0.39, 0.29) is 0 Å². The van der Waals surface area contributed by atoms with E-state index in [1.165, 1.54) is 28.7 Å². The van der Waals surface area contributed by atoms with Gasteiger partial charge in [0.2, 0.25) is 0 Å². The molecule has 0 saturated carbocycles. The standard InChI is InChI=1S/C12H19BrN2S/c1-2-15(11-4-3-5-14-7-11)8-12-6-10(13)9-16-12/h6,9,11,14H,2-5,7-8H2,1H3. The number of nitrogens with one attached hydrogen (secondary N) is 1. The van der Waals surface area contributed by atoms with Gasteiger partial charge in [-0.3, -0.25) is 4.90 Å². The minimum Gasteiger partial charge on any atom is -0.315 e. The van der Waals surface area contributed by atoms with Gasteiger partial charge in [0.1, 0.15) is 0 Å². The Kier molecular flexibility index (Phi) is 4.82. The fraction of sp³-hybridized carbons (Fsp3) is 0.667. The van der Waals surface area contributed by atoms with Crippen LogP contribution in [0, 0.1) is 0 Å². The summed E-state index contributed by atoms with van der Waals surface area (Å²) in [7, 11) is 0. The van der Waals surface area contributed by atoms with E-state index in [4.69, 9.17) is 0 Å². The molecule has 90 valence electrons. The predicted molar refractivity (Wildman–Crippen MR) is 74.0 cm³/mol. The summed E-state index contributed by atoms with van der Waals surface area (Å²) < 4.78 is 1.21. The van der Waals surface area contributed by atoms with Crippen LogP contribution in [0.4, 0.5) is 0 Å². The molecule has 0 amide bonds. The monoisotopic (exact) mass is 302 g/mol. The van der Waals surface area contributed by atoms with Gasteiger partial charge in [-0.2, -0.15) is 0 Å². The van der Waals surface area contributed by atoms with Crippen LogP contribution in [0.15, 0.2) is 15.9 Å². The molecule has 1 atom stereocenters. The molecule has 0 radical (unpaired) electrons. The van der Waals surface area contributed by atoms with Crippen molar-refractivity contribution in [1.82, 2.24) is 10.2 Å². The van der Waals surface area contributed by atoms with Gasteiger partial charge in [-0.25, -0.2) is 0 Å². The maximum absolute atomic E-state index is 3.52. The van der Waals surface area contributed by atoms with E-state index in [1.54, 1.807) is 0 Å². The van der Waals surface area contributed by atoms with Crippen LogP contribution in [-0.2, 0) is 6.54 Å². The van der Waals surface area contributed by atoms with Crippen molar-refractivity contribution in [3.8, 4) is 0 Å². The van der Waals surface area contributed by atoms with Crippen LogP contribution in [0.2, 0.25) is 0 Å². The van der Waals surface area contributed by atoms with Gasteiger partial charge in [0, 0.05) is 33.9 Å². The SMILES string of the molecule is CCN(Cc1cc(Br)cs1)C1CCCNC1. The van der Waals surface area contributed by atoms with E-state index in [1.807, 2.05) is 11.3 Å². The van der Waals surface area contributed by atoms with E-state index in [0.29, 0.717) is 0 Å². The van der Waals surface area contributed by atoms with Gasteiger partial charge < -0.3 is 5.32 Å². The fourth-order valence-corrected chi connectivity index (χ4v) is 3.76. The third kappa shape index (κ3) is 3.29. The quantitative estimate of drug-likeness (QED) is 0.919. The highest BCUT2D eigenvalue weighted by molar-refractivity contribution is 9.10. The molecule has 2 rings (SSSR count). The number of hydrogen-bond donors (Lipinski definition) is 1. The third-order valence-electron chi connectivity index (χ3n) is 3.17. The van der Waals surface area contributed by atoms with Crippen LogP contribution in [0.1, 0.15) is 24.6 Å². The number of hydrogen-bond acceptors (Lipinski definition) is 3. The molecular formula is C12H19BrN2S. The summed E-state index contributed by atoms with van der Waals surface area (Å²) in [5.41, 5.74) is 0. The summed E-state index contributed by atoms with van der Waals surface area (Å²) in [6.45, 7) is 6.84. The van der Waals surface area contributed by atoms with Crippen molar-refractivity contribution in [3.05, 3.63) is 20.8 Å². The van der Waals surface area contributed by atoms with E-state index < -0.39 is 0 Å². The molecule has 1 aliphatic rings. The zero-order valence-electron chi connectivity index (χ0n) is 9.71. The van der Waals surface area contributed by atoms with Gasteiger partial charge in [0.25, 0.3) is 0 Å². The maximum atomic E-state index is 3.52. The molecule has 4 heteroatoms. The topological polar surface area (TPSA) is 15.3 Å². The Hall–Kier alpha value is 0.1000. The molecule has 0 aliphatic carbocycles. The van der Waals surface area contributed by atoms with Crippen LogP contribution in [0.3, 0.4) is 0 Å². The third-order valence-corrected chi connectivity index (χ3v) is 4.86. The molecule has 0 bridgehead atoms. The van der Waals surface area contributed by atoms with Crippen molar-refractivity contribution in [2.45, 2.75) is 32.4 Å². The second-order valence-corrected chi connectivity index (χ2v) is 6.21. The molecule has 1 aliphatic heterocycles. The number of thiophene rings is 1. The lowest BCUT2D eigenvalue weighted by Gasteiger charge is -2.33. The molecule has 0 spiro atoms. The highest BCUT2D eigenvalue weighted by Crippen LogP contribution is 2.22. The lowest BCUT2D eigenvalue weighted by molar-refractivity contribution is 0.167. The van der Waals surface area contributed by atoms with Crippen LogP contribution < -0.4 is 5.32 Å². The first-order valence-electron chi connectivity index (χ1n) is 5.97. The van der Waals surface area contributed by atoms with Crippen LogP contribution in [-0.4, -0.2) is 30.6 Å². The van der Waals surface area contributed by atoms with Crippen LogP contribution in [0.25, 0.3) is 0 Å². The zero-order chi connectivity index (χ0) is 11.4. The van der Waals surface area contributed by atoms with Gasteiger partial charge >= 0.3 is 0 Å². The highest BCUT2D eigenvalue weighted by atomic mass is 79.9. The Morgan fingerprint density at radius 3 is 3.06 bits per heavy atom. The largest absolute Gasteiger partial charge is 0.315 e. The van der Waals surface area contributed by atoms with Gasteiger partial charge in [-0.1, -0.05) is 6.92 Å². The molecule has 0 aromatic carbocycles. The molecule has 2 nitrogen and oxygen atoms in total. The smallest absolute Gasteiger partial charge is 0.0331 e. The zero-order valence-corrected chi connectivity index (χ0v) is 12.1. The Balaban J connectivity index is 1.94. The first-order chi connectivity index (χ1) is 7.79. The predicted octanol–water partition coefficient (Wildman–Crippen LogP) is 3.08. The summed E-state index contributed by atoms with van der Waals surface area (Å²) in [5, 5.41) is 5.66. The summed E-state index contributed by atoms with van der Waals surface area (Å²) in [4.78, 5) is 4.05. The minimum absolute atomic E-state index is 0.722. The van der Waals surface area contributed by atoms with Crippen LogP contribution >= 0.6 is 27.3 Å². The van der Waals surface area contributed by atoms with E-state index in [2.05, 4.69) is 44.5 Å². The van der Waals surface area contributed by atoms with Crippen molar-refractivity contribution in [1.29, 1.82) is 0 Å². The van der Waals surface area contributed by atoms with Crippen LogP contribution in [0.5, 0.6) is 0 Å². The molecule has 1 unspecified atom stereocenters. The Morgan fingerprint density at radius 2 is 2.50 bits per heavy atom. The average Bonchev–Trinajstić information content (AvgIpc) is 2.73. The molecule has 1 N–H and O–H groups in total. The summed E-state index contributed by atoms with van der Waals surface area (Å²) in [6, 6.07) is 2.96. The highest BCUT2D eigenvalue weighted by Gasteiger charge is 2.19. The summed E-state index contributed by atoms with van der Waals surface area (Å²) >= 11 is 5.37. The van der Waals surface area contributed by atoms with Gasteiger partial charge in [-0.05, 0) is 47.9 Å². The minimum atomic E-state index is 0.722. The van der Waals surface area contributed by atoms with Crippen molar-refractivity contribution in [3.63, 3.8) is 0 Å². The molecule has 1 aromatic rings. The fourth-order valence-electron chi connectivity index (χ4n) is 2.28. The van der Waals surface area contributed by atoms with E-state index in [9.17, 15) is 0 Å². The van der Waals surface area contributed by atoms with Gasteiger partial charge in [-0.15, -0.1) is 11.3 Å².